The molecule has 668 valence electrons. The van der Waals surface area contributed by atoms with E-state index < -0.39 is 105 Å². The predicted molar refractivity (Wildman–Crippen MR) is 445 cm³/mol. The summed E-state index contributed by atoms with van der Waals surface area (Å²) >= 11 is 0. The van der Waals surface area contributed by atoms with Gasteiger partial charge in [0.2, 0.25) is 0 Å². The zero-order valence-electron chi connectivity index (χ0n) is 67.5. The van der Waals surface area contributed by atoms with Crippen molar-refractivity contribution in [2.75, 3.05) is 39.6 Å². The van der Waals surface area contributed by atoms with Crippen LogP contribution in [0.15, 0.2) is 321 Å². The van der Waals surface area contributed by atoms with Gasteiger partial charge in [-0.25, -0.2) is 0 Å². The zero-order valence-corrected chi connectivity index (χ0v) is 71.9. The summed E-state index contributed by atoms with van der Waals surface area (Å²) < 4.78 is 0. The maximum Gasteiger partial charge on any atom is 3.00 e. The number of non-ortho nitro benzene ring substituents is 6. The molecule has 12 aromatic carbocycles. The molecule has 0 aliphatic heterocycles. The summed E-state index contributed by atoms with van der Waals surface area (Å²) in [6, 6.07) is 70.4. The van der Waals surface area contributed by atoms with Crippen molar-refractivity contribution in [3.63, 3.8) is 0 Å². The number of nitrogens with zero attached hydrogens (tertiary/aromatic N) is 12. The Morgan fingerprint density at radius 2 is 0.315 bits per heavy atom. The Labute approximate surface area is 784 Å². The molecular weight excluding hydrogens is 1860 g/mol. The number of nitro groups is 6. The van der Waals surface area contributed by atoms with Crippen molar-refractivity contribution in [3.05, 3.63) is 419 Å². The van der Waals surface area contributed by atoms with Gasteiger partial charge in [0, 0.05) is 110 Å². The first-order valence-electron chi connectivity index (χ1n) is 37.4. The van der Waals surface area contributed by atoms with Crippen LogP contribution < -0.4 is 61.3 Å². The van der Waals surface area contributed by atoms with Crippen molar-refractivity contribution in [3.8, 4) is 34.5 Å². The fourth-order valence-electron chi connectivity index (χ4n) is 10.9. The second-order valence-electron chi connectivity index (χ2n) is 26.1. The number of nitro benzene ring substituents is 6. The van der Waals surface area contributed by atoms with Crippen LogP contribution in [0.1, 0.15) is 103 Å². The van der Waals surface area contributed by atoms with E-state index in [-0.39, 0.29) is 170 Å². The fourth-order valence-corrected chi connectivity index (χ4v) is 10.9. The molecule has 12 aromatic rings. The van der Waals surface area contributed by atoms with E-state index in [0.29, 0.717) is 0 Å². The average molecular weight is 1930 g/mol. The largest absolute Gasteiger partial charge is 3.00 e. The van der Waals surface area contributed by atoms with Gasteiger partial charge in [0.05, 0.1) is 65.8 Å². The third kappa shape index (κ3) is 35.5. The summed E-state index contributed by atoms with van der Waals surface area (Å²) in [5.41, 5.74) is 3.89. The van der Waals surface area contributed by atoms with Crippen molar-refractivity contribution in [2.24, 2.45) is 30.0 Å². The van der Waals surface area contributed by atoms with E-state index >= 15 is 0 Å². The van der Waals surface area contributed by atoms with Crippen LogP contribution in [-0.4, -0.2) is 106 Å². The maximum absolute atomic E-state index is 11.6. The molecule has 0 bridgehead atoms. The fraction of sp³-hybridized carbons (Fsp3) is 0.133. The van der Waals surface area contributed by atoms with Crippen molar-refractivity contribution < 1.29 is 159 Å². The molecule has 6 atom stereocenters. The monoisotopic (exact) mass is 1930 g/mol. The molecule has 0 spiro atoms. The normalized spacial score (nSPS) is 12.0. The van der Waals surface area contributed by atoms with Gasteiger partial charge in [-0.15, -0.1) is 39.6 Å². The number of hydrogen-bond donors (Lipinski definition) is 0. The molecule has 12 rings (SSSR count). The van der Waals surface area contributed by atoms with Crippen molar-refractivity contribution in [1.82, 2.24) is 0 Å². The Morgan fingerprint density at radius 3 is 0.415 bits per heavy atom. The Balaban J connectivity index is 0.000000400. The molecule has 40 heteroatoms. The van der Waals surface area contributed by atoms with E-state index in [1.807, 2.05) is 36.4 Å². The molecule has 130 heavy (non-hydrogen) atoms. The molecule has 0 saturated carbocycles. The van der Waals surface area contributed by atoms with Gasteiger partial charge < -0.3 is 61.3 Å². The van der Waals surface area contributed by atoms with Gasteiger partial charge in [0.1, 0.15) is 0 Å². The molecule has 0 saturated heterocycles. The summed E-state index contributed by atoms with van der Waals surface area (Å²) in [5, 5.41) is 201. The van der Waals surface area contributed by atoms with Gasteiger partial charge in [0.25, 0.3) is 34.1 Å². The predicted octanol–water partition coefficient (Wildman–Crippen LogP) is 7.12. The molecule has 0 aliphatic carbocycles. The van der Waals surface area contributed by atoms with Gasteiger partial charge in [-0.2, -0.15) is 0 Å². The van der Waals surface area contributed by atoms with Crippen LogP contribution in [0, 0.1) is 60.7 Å². The number of benzene rings is 12. The summed E-state index contributed by atoms with van der Waals surface area (Å²) in [7, 11) is 0. The quantitative estimate of drug-likeness (QED) is 0.0187. The van der Waals surface area contributed by atoms with Crippen LogP contribution in [0.4, 0.5) is 34.1 Å². The third-order valence-corrected chi connectivity index (χ3v) is 17.6. The van der Waals surface area contributed by atoms with E-state index in [1.165, 1.54) is 37.3 Å². The van der Waals surface area contributed by atoms with Crippen LogP contribution in [0.25, 0.3) is 0 Å². The molecule has 0 N–H and O–H groups in total. The molecule has 0 aromatic heterocycles. The molecule has 0 heterocycles. The maximum atomic E-state index is 11.6. The van der Waals surface area contributed by atoms with Gasteiger partial charge >= 0.3 is 68.3 Å². The number of hydrogen-bond acceptors (Lipinski definition) is 30. The molecule has 36 nitrogen and oxygen atoms in total. The minimum atomic E-state index is -0.620. The standard InChI is InChI=1S/6C15H13N2O4.4Fe/c6*18-10-14(11-4-2-1-3-5-11)16-9-12-8-13(17(20)21)6-7-15(12)19;;;;/h6*1-9,14,19H,10H2;;;;/q6*-1;4*+3/p-6/t6*14-;;;;/m111111..../s1. The van der Waals surface area contributed by atoms with Gasteiger partial charge in [-0.05, 0) is 66.8 Å². The number of aliphatic imine (C=N–C) groups is 6. The van der Waals surface area contributed by atoms with E-state index in [9.17, 15) is 122 Å². The first kappa shape index (κ1) is 110. The van der Waals surface area contributed by atoms with Gasteiger partial charge in [-0.1, -0.05) is 253 Å². The van der Waals surface area contributed by atoms with Gasteiger partial charge in [0.15, 0.2) is 0 Å². The summed E-state index contributed by atoms with van der Waals surface area (Å²) in [5.74, 6) is -2.24. The van der Waals surface area contributed by atoms with Crippen LogP contribution in [-0.2, 0) is 68.3 Å². The minimum Gasteiger partial charge on any atom is -0.872 e. The smallest absolute Gasteiger partial charge is 0.872 e. The van der Waals surface area contributed by atoms with Crippen LogP contribution >= 0.6 is 0 Å². The minimum absolute atomic E-state index is 0. The molecule has 0 unspecified atom stereocenters. The first-order chi connectivity index (χ1) is 60.7. The van der Waals surface area contributed by atoms with Crippen molar-refractivity contribution in [2.45, 2.75) is 36.3 Å². The van der Waals surface area contributed by atoms with Crippen LogP contribution in [0.2, 0.25) is 0 Å². The molecule has 0 amide bonds. The average Bonchev–Trinajstić information content (AvgIpc) is 0.868. The molecule has 4 radical (unpaired) electrons. The second kappa shape index (κ2) is 58.1. The SMILES string of the molecule is O=[N+]([O-])c1ccc([O-])c(C=N[C@H](C[O-])c2ccccc2)c1.O=[N+]([O-])c1ccc([O-])c(C=N[C@H](C[O-])c2ccccc2)c1.O=[N+]([O-])c1ccc([O-])c(C=N[C@H](C[O-])c2ccccc2)c1.O=[N+]([O-])c1ccc([O-])c(C=N[C@H](C[O-])c2ccccc2)c1.O=[N+]([O-])c1ccc([O-])c(C=N[C@H](C[O-])c2ccccc2)c1.O=[N+]([O-])c1ccc([O-])c(C=N[C@H](C[O-])c2ccccc2)c1.[Fe+3].[Fe+3].[Fe+3].[Fe+3]. The summed E-state index contributed by atoms with van der Waals surface area (Å²) in [6.45, 7) is -2.81. The van der Waals surface area contributed by atoms with E-state index in [4.69, 9.17) is 0 Å². The van der Waals surface area contributed by atoms with E-state index in [1.54, 1.807) is 146 Å². The second-order valence-corrected chi connectivity index (χ2v) is 26.1. The topological polar surface area (TPSA) is 610 Å². The Bertz CT molecular complexity index is 4870. The van der Waals surface area contributed by atoms with Gasteiger partial charge in [-0.3, -0.25) is 90.6 Å². The number of rotatable bonds is 30. The third-order valence-electron chi connectivity index (χ3n) is 17.6. The molecule has 0 fully saturated rings. The van der Waals surface area contributed by atoms with E-state index in [2.05, 4.69) is 30.0 Å². The van der Waals surface area contributed by atoms with Crippen LogP contribution in [0.5, 0.6) is 34.5 Å². The summed E-state index contributed by atoms with van der Waals surface area (Å²) in [6.07, 6.45) is 7.36. The van der Waals surface area contributed by atoms with Crippen LogP contribution in [0.3, 0.4) is 0 Å². The Kier molecular flexibility index (Phi) is 49.1. The molecular formula is C90H72Fe4N12O24. The zero-order chi connectivity index (χ0) is 91.5. The Hall–Kier alpha value is -14.3. The summed E-state index contributed by atoms with van der Waals surface area (Å²) in [4.78, 5) is 85.1. The van der Waals surface area contributed by atoms with Crippen molar-refractivity contribution >= 4 is 71.4 Å². The Morgan fingerprint density at radius 1 is 0.200 bits per heavy atom. The van der Waals surface area contributed by atoms with E-state index in [0.717, 1.165) is 143 Å². The first-order valence-corrected chi connectivity index (χ1v) is 37.4. The van der Waals surface area contributed by atoms with Crippen molar-refractivity contribution in [1.29, 1.82) is 0 Å². The molecule has 0 aliphatic rings.